The number of fused-ring (bicyclic) bond motifs is 1. The van der Waals surface area contributed by atoms with Gasteiger partial charge < -0.3 is 14.4 Å². The van der Waals surface area contributed by atoms with Crippen molar-refractivity contribution in [1.82, 2.24) is 19.4 Å². The van der Waals surface area contributed by atoms with E-state index < -0.39 is 42.6 Å². The van der Waals surface area contributed by atoms with Crippen molar-refractivity contribution in [2.45, 2.75) is 52.2 Å². The molecule has 0 saturated heterocycles. The molecule has 34 heavy (non-hydrogen) atoms. The minimum Gasteiger partial charge on any atom is -0.453 e. The number of hydrogen-bond acceptors (Lipinski definition) is 8. The zero-order chi connectivity index (χ0) is 25.2. The number of carbonyl (C=O) groups excluding carboxylic acids is 1. The quantitative estimate of drug-likeness (QED) is 0.617. The summed E-state index contributed by atoms with van der Waals surface area (Å²) in [5.74, 6) is 0.296. The fraction of sp³-hybridized carbons (Fsp3) is 0.600. The number of alkyl carbamates (subject to hydrolysis) is 1. The third-order valence-electron chi connectivity index (χ3n) is 5.52. The molecule has 0 spiro atoms. The van der Waals surface area contributed by atoms with Gasteiger partial charge in [-0.05, 0) is 19.4 Å². The van der Waals surface area contributed by atoms with Gasteiger partial charge in [0, 0.05) is 25.1 Å². The standard InChI is InChI=1S/C20H26F3N5O5S/c1-11(32-3)9-28-15(29)14-12(2)13(10-26-8-6-24-17(26)25-18(30)33-4)34-16(14)27(19(28)31)7-5-20(21,22)23/h11H,5-10H2,1-4H3,(H,24,25,30). The van der Waals surface area contributed by atoms with E-state index in [2.05, 4.69) is 15.0 Å². The Morgan fingerprint density at radius 2 is 1.97 bits per heavy atom. The van der Waals surface area contributed by atoms with Crippen LogP contribution in [0.15, 0.2) is 14.6 Å². The number of hydrogen-bond donors (Lipinski definition) is 1. The summed E-state index contributed by atoms with van der Waals surface area (Å²) < 4.78 is 50.6. The summed E-state index contributed by atoms with van der Waals surface area (Å²) in [5, 5.41) is 2.72. The molecule has 0 saturated carbocycles. The van der Waals surface area contributed by atoms with Gasteiger partial charge in [-0.15, -0.1) is 11.3 Å². The molecule has 0 aromatic carbocycles. The molecule has 3 heterocycles. The maximum atomic E-state index is 13.2. The molecular formula is C20H26F3N5O5S. The Balaban J connectivity index is 2.09. The average Bonchev–Trinajstić information content (AvgIpc) is 3.34. The molecule has 10 nitrogen and oxygen atoms in total. The number of methoxy groups -OCH3 is 2. The first kappa shape index (κ1) is 25.7. The van der Waals surface area contributed by atoms with Gasteiger partial charge in [-0.1, -0.05) is 0 Å². The Bertz CT molecular complexity index is 1220. The molecule has 0 radical (unpaired) electrons. The molecule has 1 atom stereocenters. The van der Waals surface area contributed by atoms with Crippen molar-refractivity contribution >= 4 is 33.6 Å². The Hall–Kier alpha value is -2.87. The fourth-order valence-corrected chi connectivity index (χ4v) is 4.92. The summed E-state index contributed by atoms with van der Waals surface area (Å²) in [6.07, 6.45) is -6.86. The second-order valence-corrected chi connectivity index (χ2v) is 8.92. The fourth-order valence-electron chi connectivity index (χ4n) is 3.59. The Kier molecular flexibility index (Phi) is 7.70. The molecule has 2 aromatic heterocycles. The van der Waals surface area contributed by atoms with Crippen molar-refractivity contribution in [3.05, 3.63) is 31.3 Å². The highest BCUT2D eigenvalue weighted by atomic mass is 32.1. The number of aliphatic imine (C=N–C) groups is 1. The lowest BCUT2D eigenvalue weighted by molar-refractivity contribution is -0.136. The summed E-state index contributed by atoms with van der Waals surface area (Å²) in [6.45, 7) is 3.82. The first-order valence-electron chi connectivity index (χ1n) is 10.5. The minimum absolute atomic E-state index is 0.0906. The molecule has 0 bridgehead atoms. The summed E-state index contributed by atoms with van der Waals surface area (Å²) in [6, 6.07) is 0. The van der Waals surface area contributed by atoms with E-state index in [-0.39, 0.29) is 23.3 Å². The number of nitrogens with one attached hydrogen (secondary N) is 1. The Morgan fingerprint density at radius 3 is 2.59 bits per heavy atom. The van der Waals surface area contributed by atoms with Crippen molar-refractivity contribution in [2.75, 3.05) is 27.3 Å². The topological polar surface area (TPSA) is 107 Å². The third kappa shape index (κ3) is 5.43. The smallest absolute Gasteiger partial charge is 0.413 e. The molecule has 14 heteroatoms. The monoisotopic (exact) mass is 505 g/mol. The number of carbonyl (C=O) groups is 1. The first-order valence-corrected chi connectivity index (χ1v) is 11.3. The maximum Gasteiger partial charge on any atom is 0.413 e. The summed E-state index contributed by atoms with van der Waals surface area (Å²) >= 11 is 1.09. The van der Waals surface area contributed by atoms with E-state index in [1.807, 2.05) is 0 Å². The van der Waals surface area contributed by atoms with Crippen LogP contribution in [-0.4, -0.2) is 65.7 Å². The number of ether oxygens (including phenoxy) is 2. The van der Waals surface area contributed by atoms with Crippen molar-refractivity contribution in [3.8, 4) is 0 Å². The van der Waals surface area contributed by atoms with E-state index in [0.29, 0.717) is 29.5 Å². The number of amides is 1. The second-order valence-electron chi connectivity index (χ2n) is 7.84. The number of guanidine groups is 1. The van der Waals surface area contributed by atoms with Gasteiger partial charge in [0.1, 0.15) is 4.83 Å². The molecule has 3 rings (SSSR count). The first-order chi connectivity index (χ1) is 16.0. The number of nitrogens with zero attached hydrogens (tertiary/aromatic N) is 4. The van der Waals surface area contributed by atoms with Gasteiger partial charge in [-0.3, -0.25) is 24.2 Å². The van der Waals surface area contributed by atoms with Crippen LogP contribution in [0.4, 0.5) is 18.0 Å². The zero-order valence-electron chi connectivity index (χ0n) is 19.2. The van der Waals surface area contributed by atoms with Gasteiger partial charge in [0.2, 0.25) is 5.96 Å². The van der Waals surface area contributed by atoms with E-state index in [1.165, 1.54) is 14.2 Å². The SMILES string of the molecule is COC(=O)NC1=NCCN1Cc1sc2c(c1C)c(=O)n(CC(C)OC)c(=O)n2CCC(F)(F)F. The average molecular weight is 506 g/mol. The molecule has 0 aliphatic carbocycles. The molecular weight excluding hydrogens is 479 g/mol. The Labute approximate surface area is 196 Å². The van der Waals surface area contributed by atoms with E-state index >= 15 is 0 Å². The van der Waals surface area contributed by atoms with Gasteiger partial charge in [-0.2, -0.15) is 13.2 Å². The van der Waals surface area contributed by atoms with Crippen LogP contribution in [-0.2, 0) is 29.1 Å². The van der Waals surface area contributed by atoms with E-state index in [1.54, 1.807) is 18.7 Å². The van der Waals surface area contributed by atoms with Crippen molar-refractivity contribution < 1.29 is 27.4 Å². The predicted molar refractivity (Wildman–Crippen MR) is 120 cm³/mol. The van der Waals surface area contributed by atoms with Gasteiger partial charge in [0.15, 0.2) is 0 Å². The van der Waals surface area contributed by atoms with Gasteiger partial charge in [0.05, 0.1) is 44.7 Å². The molecule has 2 aromatic rings. The van der Waals surface area contributed by atoms with Crippen LogP contribution in [0.1, 0.15) is 23.8 Å². The molecule has 1 unspecified atom stereocenters. The highest BCUT2D eigenvalue weighted by Crippen LogP contribution is 2.30. The third-order valence-corrected chi connectivity index (χ3v) is 6.82. The Morgan fingerprint density at radius 1 is 1.26 bits per heavy atom. The van der Waals surface area contributed by atoms with E-state index in [0.717, 1.165) is 20.5 Å². The van der Waals surface area contributed by atoms with Crippen LogP contribution in [0.5, 0.6) is 0 Å². The second kappa shape index (κ2) is 10.2. The summed E-state index contributed by atoms with van der Waals surface area (Å²) in [4.78, 5) is 44.7. The molecule has 0 fully saturated rings. The number of aromatic nitrogens is 2. The molecule has 1 amide bonds. The lowest BCUT2D eigenvalue weighted by atomic mass is 10.2. The normalized spacial score (nSPS) is 15.0. The van der Waals surface area contributed by atoms with E-state index in [4.69, 9.17) is 4.74 Å². The van der Waals surface area contributed by atoms with E-state index in [9.17, 15) is 27.6 Å². The number of aryl methyl sites for hydroxylation is 2. The summed E-state index contributed by atoms with van der Waals surface area (Å²) in [7, 11) is 2.64. The number of rotatable bonds is 7. The lowest BCUT2D eigenvalue weighted by Gasteiger charge is -2.19. The van der Waals surface area contributed by atoms with Crippen LogP contribution in [0, 0.1) is 6.92 Å². The van der Waals surface area contributed by atoms with Gasteiger partial charge in [-0.25, -0.2) is 9.59 Å². The van der Waals surface area contributed by atoms with Crippen molar-refractivity contribution in [3.63, 3.8) is 0 Å². The predicted octanol–water partition coefficient (Wildman–Crippen LogP) is 2.05. The summed E-state index contributed by atoms with van der Waals surface area (Å²) in [5.41, 5.74) is -0.821. The molecule has 1 aliphatic rings. The highest BCUT2D eigenvalue weighted by molar-refractivity contribution is 7.18. The van der Waals surface area contributed by atoms with Crippen LogP contribution < -0.4 is 16.6 Å². The van der Waals surface area contributed by atoms with Crippen molar-refractivity contribution in [2.24, 2.45) is 4.99 Å². The molecule has 1 N–H and O–H groups in total. The number of thiophene rings is 1. The molecule has 1 aliphatic heterocycles. The maximum absolute atomic E-state index is 13.2. The van der Waals surface area contributed by atoms with Crippen LogP contribution >= 0.6 is 11.3 Å². The highest BCUT2D eigenvalue weighted by Gasteiger charge is 2.29. The minimum atomic E-state index is -4.47. The van der Waals surface area contributed by atoms with Gasteiger partial charge >= 0.3 is 18.0 Å². The largest absolute Gasteiger partial charge is 0.453 e. The number of alkyl halides is 3. The lowest BCUT2D eigenvalue weighted by Crippen LogP contribution is -2.42. The number of halogens is 3. The van der Waals surface area contributed by atoms with Crippen LogP contribution in [0.3, 0.4) is 0 Å². The van der Waals surface area contributed by atoms with Gasteiger partial charge in [0.25, 0.3) is 5.56 Å². The zero-order valence-corrected chi connectivity index (χ0v) is 20.0. The van der Waals surface area contributed by atoms with Crippen molar-refractivity contribution in [1.29, 1.82) is 0 Å². The molecule has 188 valence electrons. The van der Waals surface area contributed by atoms with Crippen LogP contribution in [0.2, 0.25) is 0 Å². The van der Waals surface area contributed by atoms with Crippen LogP contribution in [0.25, 0.3) is 10.2 Å².